The predicted molar refractivity (Wildman–Crippen MR) is 28.8 cm³/mol. The summed E-state index contributed by atoms with van der Waals surface area (Å²) in [5.41, 5.74) is 0. The van der Waals surface area contributed by atoms with Gasteiger partial charge in [-0.2, -0.15) is 0 Å². The zero-order chi connectivity index (χ0) is 0. The van der Waals surface area contributed by atoms with Gasteiger partial charge in [-0.1, -0.05) is 0 Å². The van der Waals surface area contributed by atoms with E-state index in [0.717, 1.165) is 0 Å². The Hall–Kier alpha value is 4.03. The molecular weight excluding hydrogens is 600 g/mol. The molecule has 0 aromatic heterocycles. The second-order valence-corrected chi connectivity index (χ2v) is 0. The molecule has 0 aliphatic rings. The van der Waals surface area contributed by atoms with Gasteiger partial charge in [-0.25, -0.2) is 0 Å². The Labute approximate surface area is 118 Å². The molecule has 0 aliphatic carbocycles. The minimum Gasteiger partial charge on any atom is 0 e. The molecule has 0 aliphatic heterocycles. The summed E-state index contributed by atoms with van der Waals surface area (Å²) in [6.45, 7) is 0. The van der Waals surface area contributed by atoms with Crippen molar-refractivity contribution in [1.82, 2.24) is 0 Å². The molecule has 0 rings (SSSR count). The maximum atomic E-state index is 0. The number of rotatable bonds is 0. The third-order valence-corrected chi connectivity index (χ3v) is 0. The van der Waals surface area contributed by atoms with Gasteiger partial charge < -0.3 is 0 Å². The van der Waals surface area contributed by atoms with E-state index in [1.54, 1.807) is 0 Å². The summed E-state index contributed by atoms with van der Waals surface area (Å²) in [6, 6.07) is 0. The van der Waals surface area contributed by atoms with Crippen molar-refractivity contribution in [2.24, 2.45) is 0 Å². The molecule has 0 aromatic carbocycles. The first-order valence-electron chi connectivity index (χ1n) is 0. The van der Waals surface area contributed by atoms with E-state index in [-0.39, 0.29) is 121 Å². The monoisotopic (exact) mass is 602 g/mol. The van der Waals surface area contributed by atoms with Crippen molar-refractivity contribution in [1.29, 1.82) is 0 Å². The maximum absolute atomic E-state index is 0. The van der Waals surface area contributed by atoms with Crippen molar-refractivity contribution >= 4 is 121 Å². The zero-order valence-corrected chi connectivity index (χ0v) is 16.1. The molecule has 0 spiro atoms. The van der Waals surface area contributed by atoms with E-state index in [0.29, 0.717) is 0 Å². The molecular formula is Sb2Sn3. The molecule has 0 saturated heterocycles. The Kier molecular flexibility index (Phi) is 175. The SMILES string of the molecule is [Sb].[Sb].[Sn].[Sn].[Sn]. The van der Waals surface area contributed by atoms with E-state index in [2.05, 4.69) is 0 Å². The summed E-state index contributed by atoms with van der Waals surface area (Å²) in [5.74, 6) is 0. The van der Waals surface area contributed by atoms with Gasteiger partial charge in [0.05, 0.1) is 0 Å². The fraction of sp³-hybridized carbons (Fsp3) is 0. The molecule has 0 N–H and O–H groups in total. The van der Waals surface area contributed by atoms with E-state index in [1.165, 1.54) is 0 Å². The Morgan fingerprint density at radius 3 is 0.400 bits per heavy atom. The second-order valence-electron chi connectivity index (χ2n) is 0. The van der Waals surface area contributed by atoms with Crippen molar-refractivity contribution in [3.05, 3.63) is 0 Å². The van der Waals surface area contributed by atoms with Crippen LogP contribution in [0.5, 0.6) is 0 Å². The van der Waals surface area contributed by atoms with Crippen LogP contribution in [0, 0.1) is 0 Å². The Bertz CT molecular complexity index is 4.85. The topological polar surface area (TPSA) is 0 Å². The number of hydrogen-bond donors (Lipinski definition) is 0. The molecule has 22 valence electrons. The van der Waals surface area contributed by atoms with Gasteiger partial charge in [0.15, 0.2) is 0 Å². The first kappa shape index (κ1) is 35.8. The molecule has 0 nitrogen and oxygen atoms in total. The summed E-state index contributed by atoms with van der Waals surface area (Å²) >= 11 is 0. The van der Waals surface area contributed by atoms with Gasteiger partial charge in [0, 0.05) is 121 Å². The van der Waals surface area contributed by atoms with Gasteiger partial charge in [0.2, 0.25) is 0 Å². The average molecular weight is 600 g/mol. The molecule has 5 heteroatoms. The van der Waals surface area contributed by atoms with Crippen LogP contribution in [-0.2, 0) is 0 Å². The van der Waals surface area contributed by atoms with Crippen LogP contribution in [0.2, 0.25) is 0 Å². The Morgan fingerprint density at radius 2 is 0.400 bits per heavy atom. The molecule has 0 amide bonds. The molecule has 5 heavy (non-hydrogen) atoms. The average Bonchev–Trinajstić information content (AvgIpc) is 0. The standard InChI is InChI=1S/2Sb.3Sn. The Balaban J connectivity index is 0. The fourth-order valence-electron chi connectivity index (χ4n) is 0. The first-order valence-corrected chi connectivity index (χ1v) is 0. The fourth-order valence-corrected chi connectivity index (χ4v) is 0. The maximum Gasteiger partial charge on any atom is 0 e. The molecule has 0 fully saturated rings. The molecule has 0 saturated carbocycles. The van der Waals surface area contributed by atoms with Gasteiger partial charge in [-0.3, -0.25) is 0 Å². The zero-order valence-electron chi connectivity index (χ0n) is 2.39. The smallest absolute Gasteiger partial charge is 0 e. The largest absolute Gasteiger partial charge is 0 e. The normalized spacial score (nSPS) is 0. The predicted octanol–water partition coefficient (Wildman–Crippen LogP) is -1.90. The van der Waals surface area contributed by atoms with Gasteiger partial charge in [0.25, 0.3) is 0 Å². The summed E-state index contributed by atoms with van der Waals surface area (Å²) < 4.78 is 0. The van der Waals surface area contributed by atoms with Crippen LogP contribution in [0.1, 0.15) is 0 Å². The van der Waals surface area contributed by atoms with Crippen molar-refractivity contribution in [2.45, 2.75) is 0 Å². The van der Waals surface area contributed by atoms with Crippen LogP contribution in [0.4, 0.5) is 0 Å². The van der Waals surface area contributed by atoms with Crippen molar-refractivity contribution < 1.29 is 0 Å². The number of hydrogen-bond acceptors (Lipinski definition) is 0. The van der Waals surface area contributed by atoms with E-state index in [9.17, 15) is 0 Å². The molecule has 18 radical (unpaired) electrons. The summed E-state index contributed by atoms with van der Waals surface area (Å²) in [4.78, 5) is 0. The van der Waals surface area contributed by atoms with Crippen molar-refractivity contribution in [3.8, 4) is 0 Å². The first-order chi connectivity index (χ1) is 0. The van der Waals surface area contributed by atoms with Crippen LogP contribution in [0.15, 0.2) is 0 Å². The molecule has 0 unspecified atom stereocenters. The summed E-state index contributed by atoms with van der Waals surface area (Å²) in [6.07, 6.45) is 0. The van der Waals surface area contributed by atoms with Crippen LogP contribution in [0.25, 0.3) is 0 Å². The third kappa shape index (κ3) is 18.0. The molecule has 0 aromatic rings. The van der Waals surface area contributed by atoms with Crippen LogP contribution >= 0.6 is 0 Å². The van der Waals surface area contributed by atoms with Crippen LogP contribution < -0.4 is 0 Å². The van der Waals surface area contributed by atoms with Crippen molar-refractivity contribution in [3.63, 3.8) is 0 Å². The molecule has 0 bridgehead atoms. The van der Waals surface area contributed by atoms with Crippen molar-refractivity contribution in [2.75, 3.05) is 0 Å². The summed E-state index contributed by atoms with van der Waals surface area (Å²) in [7, 11) is 0. The van der Waals surface area contributed by atoms with Crippen LogP contribution in [-0.4, -0.2) is 121 Å². The van der Waals surface area contributed by atoms with E-state index < -0.39 is 0 Å². The van der Waals surface area contributed by atoms with Crippen LogP contribution in [0.3, 0.4) is 0 Å². The van der Waals surface area contributed by atoms with E-state index in [4.69, 9.17) is 0 Å². The summed E-state index contributed by atoms with van der Waals surface area (Å²) in [5, 5.41) is 0. The quantitative estimate of drug-likeness (QED) is 0.286. The van der Waals surface area contributed by atoms with Gasteiger partial charge in [-0.15, -0.1) is 0 Å². The van der Waals surface area contributed by atoms with Gasteiger partial charge in [0.1, 0.15) is 0 Å². The molecule has 0 atom stereocenters. The van der Waals surface area contributed by atoms with Gasteiger partial charge >= 0.3 is 0 Å². The third-order valence-electron chi connectivity index (χ3n) is 0. The van der Waals surface area contributed by atoms with E-state index in [1.807, 2.05) is 0 Å². The second kappa shape index (κ2) is 24.4. The molecule has 0 heterocycles. The minimum atomic E-state index is 0. The minimum absolute atomic E-state index is 0. The van der Waals surface area contributed by atoms with E-state index >= 15 is 0 Å². The van der Waals surface area contributed by atoms with Gasteiger partial charge in [-0.05, 0) is 0 Å². The Morgan fingerprint density at radius 1 is 0.400 bits per heavy atom.